The van der Waals surface area contributed by atoms with Crippen LogP contribution in [0.4, 0.5) is 13.2 Å². The lowest BCUT2D eigenvalue weighted by molar-refractivity contribution is -0.141. The van der Waals surface area contributed by atoms with Gasteiger partial charge < -0.3 is 4.74 Å². The molecule has 0 atom stereocenters. The molecule has 3 nitrogen and oxygen atoms in total. The minimum absolute atomic E-state index is 0.0155. The van der Waals surface area contributed by atoms with E-state index in [9.17, 15) is 18.0 Å². The number of nitrogens with zero attached hydrogens (tertiary/aromatic N) is 1. The average Bonchev–Trinajstić information content (AvgIpc) is 2.16. The molecule has 0 bridgehead atoms. The van der Waals surface area contributed by atoms with Crippen molar-refractivity contribution < 1.29 is 22.7 Å². The van der Waals surface area contributed by atoms with Crippen molar-refractivity contribution in [3.05, 3.63) is 27.1 Å². The van der Waals surface area contributed by atoms with E-state index in [1.54, 1.807) is 22.6 Å². The van der Waals surface area contributed by atoms with E-state index in [1.807, 2.05) is 0 Å². The molecule has 0 aromatic carbocycles. The number of ether oxygens (including phenoxy) is 1. The highest BCUT2D eigenvalue weighted by atomic mass is 127. The SMILES string of the molecule is CCOC(=O)c1cc(I)cnc1C(F)(F)F. The number of halogens is 4. The van der Waals surface area contributed by atoms with Crippen LogP contribution in [0.2, 0.25) is 0 Å². The van der Waals surface area contributed by atoms with Crippen molar-refractivity contribution in [1.29, 1.82) is 0 Å². The molecule has 1 aromatic rings. The Morgan fingerprint density at radius 3 is 2.69 bits per heavy atom. The Morgan fingerprint density at radius 1 is 1.56 bits per heavy atom. The van der Waals surface area contributed by atoms with E-state index < -0.39 is 23.4 Å². The Labute approximate surface area is 103 Å². The van der Waals surface area contributed by atoms with Crippen LogP contribution in [0.3, 0.4) is 0 Å². The van der Waals surface area contributed by atoms with Crippen LogP contribution in [0.1, 0.15) is 23.0 Å². The van der Waals surface area contributed by atoms with Gasteiger partial charge in [0.2, 0.25) is 0 Å². The summed E-state index contributed by atoms with van der Waals surface area (Å²) in [6.45, 7) is 1.54. The van der Waals surface area contributed by atoms with Crippen LogP contribution in [-0.4, -0.2) is 17.6 Å². The molecular formula is C9H7F3INO2. The van der Waals surface area contributed by atoms with Crippen LogP contribution >= 0.6 is 22.6 Å². The lowest BCUT2D eigenvalue weighted by Gasteiger charge is -2.10. The predicted octanol–water partition coefficient (Wildman–Crippen LogP) is 2.88. The molecule has 0 spiro atoms. The molecule has 0 unspecified atom stereocenters. The number of carbonyl (C=O) groups is 1. The molecule has 0 aliphatic carbocycles. The first-order valence-corrected chi connectivity index (χ1v) is 5.34. The maximum atomic E-state index is 12.5. The second-order valence-corrected chi connectivity index (χ2v) is 4.01. The van der Waals surface area contributed by atoms with Crippen molar-refractivity contribution in [3.8, 4) is 0 Å². The van der Waals surface area contributed by atoms with Gasteiger partial charge in [-0.25, -0.2) is 9.78 Å². The third-order valence-electron chi connectivity index (χ3n) is 1.62. The average molecular weight is 345 g/mol. The van der Waals surface area contributed by atoms with Crippen molar-refractivity contribution >= 4 is 28.6 Å². The molecule has 0 saturated carbocycles. The van der Waals surface area contributed by atoms with E-state index >= 15 is 0 Å². The van der Waals surface area contributed by atoms with Gasteiger partial charge in [-0.1, -0.05) is 0 Å². The number of pyridine rings is 1. The second kappa shape index (κ2) is 4.98. The molecule has 0 amide bonds. The third kappa shape index (κ3) is 3.06. The molecule has 0 aliphatic heterocycles. The van der Waals surface area contributed by atoms with Gasteiger partial charge in [-0.05, 0) is 35.6 Å². The first-order valence-electron chi connectivity index (χ1n) is 4.26. The Balaban J connectivity index is 3.24. The van der Waals surface area contributed by atoms with Crippen LogP contribution < -0.4 is 0 Å². The van der Waals surface area contributed by atoms with Gasteiger partial charge >= 0.3 is 12.1 Å². The minimum Gasteiger partial charge on any atom is -0.462 e. The monoisotopic (exact) mass is 345 g/mol. The number of rotatable bonds is 2. The summed E-state index contributed by atoms with van der Waals surface area (Å²) >= 11 is 1.77. The smallest absolute Gasteiger partial charge is 0.434 e. The number of hydrogen-bond acceptors (Lipinski definition) is 3. The van der Waals surface area contributed by atoms with E-state index in [1.165, 1.54) is 6.92 Å². The molecule has 88 valence electrons. The predicted molar refractivity (Wildman–Crippen MR) is 57.9 cm³/mol. The Kier molecular flexibility index (Phi) is 4.11. The fourth-order valence-electron chi connectivity index (χ4n) is 1.03. The van der Waals surface area contributed by atoms with Crippen molar-refractivity contribution in [2.75, 3.05) is 6.61 Å². The Hall–Kier alpha value is -0.860. The summed E-state index contributed by atoms with van der Waals surface area (Å²) in [7, 11) is 0. The maximum absolute atomic E-state index is 12.5. The molecule has 0 aliphatic rings. The van der Waals surface area contributed by atoms with Crippen molar-refractivity contribution in [2.24, 2.45) is 0 Å². The van der Waals surface area contributed by atoms with Crippen molar-refractivity contribution in [3.63, 3.8) is 0 Å². The van der Waals surface area contributed by atoms with E-state index in [4.69, 9.17) is 0 Å². The molecule has 0 saturated heterocycles. The summed E-state index contributed by atoms with van der Waals surface area (Å²) in [4.78, 5) is 14.5. The summed E-state index contributed by atoms with van der Waals surface area (Å²) in [5, 5.41) is 0. The third-order valence-corrected chi connectivity index (χ3v) is 2.21. The number of carbonyl (C=O) groups excluding carboxylic acids is 1. The second-order valence-electron chi connectivity index (χ2n) is 2.77. The van der Waals surface area contributed by atoms with Gasteiger partial charge in [0, 0.05) is 9.77 Å². The fourth-order valence-corrected chi connectivity index (χ4v) is 1.48. The Bertz CT molecular complexity index is 406. The molecule has 0 fully saturated rings. The van der Waals surface area contributed by atoms with Gasteiger partial charge in [0.15, 0.2) is 5.69 Å². The zero-order valence-electron chi connectivity index (χ0n) is 8.14. The van der Waals surface area contributed by atoms with Crippen LogP contribution in [-0.2, 0) is 10.9 Å². The van der Waals surface area contributed by atoms with E-state index in [0.29, 0.717) is 3.57 Å². The first-order chi connectivity index (χ1) is 7.36. The Morgan fingerprint density at radius 2 is 2.19 bits per heavy atom. The largest absolute Gasteiger partial charge is 0.462 e. The molecule has 0 N–H and O–H groups in total. The van der Waals surface area contributed by atoms with Gasteiger partial charge in [0.05, 0.1) is 12.2 Å². The lowest BCUT2D eigenvalue weighted by Crippen LogP contribution is -2.17. The highest BCUT2D eigenvalue weighted by molar-refractivity contribution is 14.1. The zero-order valence-corrected chi connectivity index (χ0v) is 10.3. The highest BCUT2D eigenvalue weighted by Gasteiger charge is 2.37. The summed E-state index contributed by atoms with van der Waals surface area (Å²) in [6.07, 6.45) is -3.61. The number of aromatic nitrogens is 1. The van der Waals surface area contributed by atoms with Crippen LogP contribution in [0.5, 0.6) is 0 Å². The molecule has 1 rings (SSSR count). The fraction of sp³-hybridized carbons (Fsp3) is 0.333. The maximum Gasteiger partial charge on any atom is 0.434 e. The standard InChI is InChI=1S/C9H7F3INO2/c1-2-16-8(15)6-3-5(13)4-14-7(6)9(10,11)12/h3-4H,2H2,1H3. The number of alkyl halides is 3. The van der Waals surface area contributed by atoms with Gasteiger partial charge in [-0.3, -0.25) is 0 Å². The number of hydrogen-bond donors (Lipinski definition) is 0. The normalized spacial score (nSPS) is 11.3. The van der Waals surface area contributed by atoms with Gasteiger partial charge in [-0.2, -0.15) is 13.2 Å². The van der Waals surface area contributed by atoms with Crippen LogP contribution in [0, 0.1) is 3.57 Å². The minimum atomic E-state index is -4.66. The molecule has 7 heteroatoms. The molecule has 0 radical (unpaired) electrons. The van der Waals surface area contributed by atoms with Gasteiger partial charge in [0.1, 0.15) is 0 Å². The van der Waals surface area contributed by atoms with Crippen LogP contribution in [0.15, 0.2) is 12.3 Å². The summed E-state index contributed by atoms with van der Waals surface area (Å²) in [5.41, 5.74) is -1.77. The van der Waals surface area contributed by atoms with Crippen LogP contribution in [0.25, 0.3) is 0 Å². The summed E-state index contributed by atoms with van der Waals surface area (Å²) in [5.74, 6) is -1.01. The van der Waals surface area contributed by atoms with E-state index in [0.717, 1.165) is 12.3 Å². The highest BCUT2D eigenvalue weighted by Crippen LogP contribution is 2.31. The summed E-state index contributed by atoms with van der Waals surface area (Å²) in [6, 6.07) is 1.11. The summed E-state index contributed by atoms with van der Waals surface area (Å²) < 4.78 is 42.5. The van der Waals surface area contributed by atoms with Crippen molar-refractivity contribution in [1.82, 2.24) is 4.98 Å². The molecule has 1 heterocycles. The quantitative estimate of drug-likeness (QED) is 0.611. The first kappa shape index (κ1) is 13.2. The topological polar surface area (TPSA) is 39.2 Å². The molecular weight excluding hydrogens is 338 g/mol. The van der Waals surface area contributed by atoms with Gasteiger partial charge in [0.25, 0.3) is 0 Å². The van der Waals surface area contributed by atoms with E-state index in [2.05, 4.69) is 9.72 Å². The van der Waals surface area contributed by atoms with E-state index in [-0.39, 0.29) is 6.61 Å². The van der Waals surface area contributed by atoms with Crippen molar-refractivity contribution in [2.45, 2.75) is 13.1 Å². The van der Waals surface area contributed by atoms with Gasteiger partial charge in [-0.15, -0.1) is 0 Å². The molecule has 16 heavy (non-hydrogen) atoms. The number of esters is 1. The zero-order chi connectivity index (χ0) is 12.3. The lowest BCUT2D eigenvalue weighted by atomic mass is 10.2. The molecule has 1 aromatic heterocycles.